The van der Waals surface area contributed by atoms with Crippen LogP contribution in [0.15, 0.2) is 0 Å². The van der Waals surface area contributed by atoms with Crippen molar-refractivity contribution >= 4 is 11.9 Å². The minimum atomic E-state index is 0.194. The van der Waals surface area contributed by atoms with E-state index in [1.54, 1.807) is 0 Å². The van der Waals surface area contributed by atoms with Gasteiger partial charge in [0.25, 0.3) is 0 Å². The molecule has 0 aliphatic carbocycles. The van der Waals surface area contributed by atoms with Crippen molar-refractivity contribution in [2.75, 3.05) is 51.0 Å². The van der Waals surface area contributed by atoms with Gasteiger partial charge in [-0.25, -0.2) is 0 Å². The van der Waals surface area contributed by atoms with E-state index in [0.29, 0.717) is 12.6 Å². The first kappa shape index (κ1) is 15.4. The highest BCUT2D eigenvalue weighted by Crippen LogP contribution is 2.13. The van der Waals surface area contributed by atoms with Crippen LogP contribution in [-0.4, -0.2) is 60.2 Å². The zero-order valence-electron chi connectivity index (χ0n) is 12.3. The molecule has 0 aromatic carbocycles. The van der Waals surface area contributed by atoms with Crippen molar-refractivity contribution in [1.29, 1.82) is 0 Å². The van der Waals surface area contributed by atoms with E-state index in [1.165, 1.54) is 0 Å². The number of ether oxygens (including phenoxy) is 1. The van der Waals surface area contributed by atoms with Gasteiger partial charge in [0.05, 0.1) is 6.61 Å². The van der Waals surface area contributed by atoms with Crippen LogP contribution in [0.25, 0.3) is 0 Å². The topological polar surface area (TPSA) is 80.4 Å². The summed E-state index contributed by atoms with van der Waals surface area (Å²) in [4.78, 5) is 16.6. The monoisotopic (exact) mass is 268 g/mol. The second kappa shape index (κ2) is 7.73. The van der Waals surface area contributed by atoms with E-state index in [0.717, 1.165) is 26.1 Å². The van der Waals surface area contributed by atoms with Crippen LogP contribution in [0.5, 0.6) is 6.01 Å². The van der Waals surface area contributed by atoms with E-state index in [2.05, 4.69) is 45.8 Å². The van der Waals surface area contributed by atoms with E-state index < -0.39 is 0 Å². The van der Waals surface area contributed by atoms with Crippen molar-refractivity contribution in [2.45, 2.75) is 20.3 Å². The van der Waals surface area contributed by atoms with Crippen LogP contribution >= 0.6 is 0 Å². The van der Waals surface area contributed by atoms with Crippen LogP contribution < -0.4 is 15.4 Å². The first-order valence-corrected chi connectivity index (χ1v) is 6.60. The zero-order chi connectivity index (χ0) is 14.3. The standard InChI is InChI=1S/C12H24N6O/c1-5-18(9-7-8-17(3)4)11-14-10(13)15-12(16-11)19-6-2/h5-9H2,1-4H3,(H2,13,14,15,16). The van der Waals surface area contributed by atoms with Gasteiger partial charge < -0.3 is 20.3 Å². The molecule has 1 aromatic heterocycles. The van der Waals surface area contributed by atoms with Crippen molar-refractivity contribution in [3.8, 4) is 6.01 Å². The summed E-state index contributed by atoms with van der Waals surface area (Å²) in [5.41, 5.74) is 5.68. The lowest BCUT2D eigenvalue weighted by molar-refractivity contribution is 0.312. The molecule has 7 nitrogen and oxygen atoms in total. The summed E-state index contributed by atoms with van der Waals surface area (Å²) in [6, 6.07) is 0.288. The minimum absolute atomic E-state index is 0.194. The van der Waals surface area contributed by atoms with Gasteiger partial charge in [0.2, 0.25) is 11.9 Å². The largest absolute Gasteiger partial charge is 0.464 e. The number of hydrogen-bond donors (Lipinski definition) is 1. The molecule has 0 spiro atoms. The molecule has 7 heteroatoms. The van der Waals surface area contributed by atoms with Crippen LogP contribution in [0.3, 0.4) is 0 Å². The third-order valence-electron chi connectivity index (χ3n) is 2.59. The number of nitrogen functional groups attached to an aromatic ring is 1. The Morgan fingerprint density at radius 1 is 1.11 bits per heavy atom. The molecule has 1 aromatic rings. The highest BCUT2D eigenvalue weighted by atomic mass is 16.5. The molecule has 0 bridgehead atoms. The van der Waals surface area contributed by atoms with Gasteiger partial charge in [-0.05, 0) is 40.9 Å². The van der Waals surface area contributed by atoms with Crippen molar-refractivity contribution < 1.29 is 4.74 Å². The maximum absolute atomic E-state index is 5.68. The average Bonchev–Trinajstić information content (AvgIpc) is 2.34. The number of nitrogens with two attached hydrogens (primary N) is 1. The van der Waals surface area contributed by atoms with Crippen LogP contribution in [-0.2, 0) is 0 Å². The predicted octanol–water partition coefficient (Wildman–Crippen LogP) is 0.631. The SMILES string of the molecule is CCOc1nc(N)nc(N(CC)CCCN(C)C)n1. The predicted molar refractivity (Wildman–Crippen MR) is 76.5 cm³/mol. The molecule has 0 aliphatic heterocycles. The first-order chi connectivity index (χ1) is 9.06. The molecule has 0 radical (unpaired) electrons. The normalized spacial score (nSPS) is 10.8. The minimum Gasteiger partial charge on any atom is -0.464 e. The Morgan fingerprint density at radius 3 is 2.42 bits per heavy atom. The van der Waals surface area contributed by atoms with E-state index in [-0.39, 0.29) is 12.0 Å². The molecule has 19 heavy (non-hydrogen) atoms. The van der Waals surface area contributed by atoms with Crippen LogP contribution in [0.4, 0.5) is 11.9 Å². The summed E-state index contributed by atoms with van der Waals surface area (Å²) in [5.74, 6) is 0.775. The Hall–Kier alpha value is -1.63. The maximum Gasteiger partial charge on any atom is 0.323 e. The highest BCUT2D eigenvalue weighted by Gasteiger charge is 2.11. The zero-order valence-corrected chi connectivity index (χ0v) is 12.3. The smallest absolute Gasteiger partial charge is 0.323 e. The lowest BCUT2D eigenvalue weighted by Gasteiger charge is -2.21. The lowest BCUT2D eigenvalue weighted by atomic mass is 10.3. The molecule has 1 heterocycles. The van der Waals surface area contributed by atoms with Crippen LogP contribution in [0.2, 0.25) is 0 Å². The summed E-state index contributed by atoms with van der Waals surface area (Å²) >= 11 is 0. The molecule has 0 amide bonds. The lowest BCUT2D eigenvalue weighted by Crippen LogP contribution is -2.29. The molecular weight excluding hydrogens is 244 g/mol. The Labute approximate surface area is 114 Å². The third-order valence-corrected chi connectivity index (χ3v) is 2.59. The van der Waals surface area contributed by atoms with Gasteiger partial charge >= 0.3 is 6.01 Å². The Morgan fingerprint density at radius 2 is 1.84 bits per heavy atom. The molecule has 0 atom stereocenters. The van der Waals surface area contributed by atoms with Crippen molar-refractivity contribution in [2.24, 2.45) is 0 Å². The van der Waals surface area contributed by atoms with E-state index in [1.807, 2.05) is 6.92 Å². The van der Waals surface area contributed by atoms with Crippen molar-refractivity contribution in [1.82, 2.24) is 19.9 Å². The molecule has 1 rings (SSSR count). The van der Waals surface area contributed by atoms with E-state index in [9.17, 15) is 0 Å². The number of nitrogens with zero attached hydrogens (tertiary/aromatic N) is 5. The molecular formula is C12H24N6O. The summed E-state index contributed by atoms with van der Waals surface area (Å²) in [7, 11) is 4.12. The fourth-order valence-electron chi connectivity index (χ4n) is 1.67. The number of rotatable bonds is 8. The molecule has 0 saturated carbocycles. The second-order valence-corrected chi connectivity index (χ2v) is 4.45. The van der Waals surface area contributed by atoms with Gasteiger partial charge in [-0.1, -0.05) is 0 Å². The Kier molecular flexibility index (Phi) is 6.27. The average molecular weight is 268 g/mol. The second-order valence-electron chi connectivity index (χ2n) is 4.45. The van der Waals surface area contributed by atoms with Gasteiger partial charge in [-0.2, -0.15) is 15.0 Å². The van der Waals surface area contributed by atoms with Gasteiger partial charge in [0.1, 0.15) is 0 Å². The van der Waals surface area contributed by atoms with Crippen molar-refractivity contribution in [3.05, 3.63) is 0 Å². The van der Waals surface area contributed by atoms with Gasteiger partial charge in [-0.15, -0.1) is 0 Å². The van der Waals surface area contributed by atoms with Crippen LogP contribution in [0.1, 0.15) is 20.3 Å². The summed E-state index contributed by atoms with van der Waals surface area (Å²) in [6.45, 7) is 7.18. The quantitative estimate of drug-likeness (QED) is 0.740. The highest BCUT2D eigenvalue weighted by molar-refractivity contribution is 5.35. The van der Waals surface area contributed by atoms with E-state index >= 15 is 0 Å². The Bertz CT molecular complexity index is 384. The summed E-state index contributed by atoms with van der Waals surface area (Å²) in [6.07, 6.45) is 1.04. The third kappa shape index (κ3) is 5.25. The molecule has 2 N–H and O–H groups in total. The first-order valence-electron chi connectivity index (χ1n) is 6.60. The summed E-state index contributed by atoms with van der Waals surface area (Å²) in [5, 5.41) is 0. The van der Waals surface area contributed by atoms with Crippen molar-refractivity contribution in [3.63, 3.8) is 0 Å². The van der Waals surface area contributed by atoms with Gasteiger partial charge in [0.15, 0.2) is 0 Å². The fourth-order valence-corrected chi connectivity index (χ4v) is 1.67. The summed E-state index contributed by atoms with van der Waals surface area (Å²) < 4.78 is 5.29. The molecule has 0 fully saturated rings. The molecule has 0 saturated heterocycles. The maximum atomic E-state index is 5.68. The van der Waals surface area contributed by atoms with Crippen LogP contribution in [0, 0.1) is 0 Å². The van der Waals surface area contributed by atoms with Gasteiger partial charge in [-0.3, -0.25) is 0 Å². The Balaban J connectivity index is 2.73. The van der Waals surface area contributed by atoms with E-state index in [4.69, 9.17) is 10.5 Å². The number of aromatic nitrogens is 3. The number of hydrogen-bond acceptors (Lipinski definition) is 7. The fraction of sp³-hybridized carbons (Fsp3) is 0.750. The molecule has 108 valence electrons. The molecule has 0 unspecified atom stereocenters. The molecule has 0 aliphatic rings. The van der Waals surface area contributed by atoms with Gasteiger partial charge in [0, 0.05) is 13.1 Å². The number of anilines is 2.